The molecule has 0 bridgehead atoms. The second-order valence-corrected chi connectivity index (χ2v) is 6.83. The molecule has 126 valence electrons. The Kier molecular flexibility index (Phi) is 4.10. The number of benzene rings is 1. The number of nitrogens with zero attached hydrogens (tertiary/aromatic N) is 3. The Labute approximate surface area is 142 Å². The molecular formula is C19H23N3O2. The average molecular weight is 325 g/mol. The van der Waals surface area contributed by atoms with E-state index in [0.29, 0.717) is 19.1 Å². The summed E-state index contributed by atoms with van der Waals surface area (Å²) in [5.74, 6) is 1.76. The predicted molar refractivity (Wildman–Crippen MR) is 90.8 cm³/mol. The van der Waals surface area contributed by atoms with Gasteiger partial charge in [-0.1, -0.05) is 30.3 Å². The molecule has 2 fully saturated rings. The maximum Gasteiger partial charge on any atom is 0.228 e. The zero-order valence-electron chi connectivity index (χ0n) is 14.0. The Morgan fingerprint density at radius 2 is 2.08 bits per heavy atom. The molecular weight excluding hydrogens is 302 g/mol. The maximum atomic E-state index is 12.4. The van der Waals surface area contributed by atoms with Gasteiger partial charge in [-0.3, -0.25) is 4.79 Å². The molecule has 0 N–H and O–H groups in total. The number of amides is 1. The van der Waals surface area contributed by atoms with Crippen LogP contribution in [-0.4, -0.2) is 46.7 Å². The van der Waals surface area contributed by atoms with Crippen molar-refractivity contribution < 1.29 is 9.53 Å². The number of ether oxygens (including phenoxy) is 1. The molecule has 4 rings (SSSR count). The summed E-state index contributed by atoms with van der Waals surface area (Å²) in [7, 11) is 0. The molecule has 1 amide bonds. The Morgan fingerprint density at radius 3 is 2.79 bits per heavy atom. The molecule has 1 aromatic heterocycles. The molecule has 1 atom stereocenters. The van der Waals surface area contributed by atoms with Gasteiger partial charge >= 0.3 is 0 Å². The maximum absolute atomic E-state index is 12.4. The lowest BCUT2D eigenvalue weighted by atomic mass is 9.96. The second kappa shape index (κ2) is 6.40. The lowest BCUT2D eigenvalue weighted by molar-refractivity contribution is -0.140. The number of hydrogen-bond donors (Lipinski definition) is 0. The van der Waals surface area contributed by atoms with Gasteiger partial charge in [0, 0.05) is 38.1 Å². The van der Waals surface area contributed by atoms with Crippen molar-refractivity contribution in [2.45, 2.75) is 25.8 Å². The first kappa shape index (κ1) is 15.4. The minimum Gasteiger partial charge on any atom is -0.381 e. The fourth-order valence-electron chi connectivity index (χ4n) is 3.59. The summed E-state index contributed by atoms with van der Waals surface area (Å²) in [6, 6.07) is 10.4. The van der Waals surface area contributed by atoms with E-state index < -0.39 is 0 Å². The highest BCUT2D eigenvalue weighted by Crippen LogP contribution is 2.30. The van der Waals surface area contributed by atoms with Crippen molar-refractivity contribution in [3.63, 3.8) is 0 Å². The van der Waals surface area contributed by atoms with Gasteiger partial charge in [0.2, 0.25) is 5.91 Å². The molecule has 0 aliphatic carbocycles. The minimum atomic E-state index is 0.0664. The number of aromatic nitrogens is 2. The molecule has 2 aromatic rings. The van der Waals surface area contributed by atoms with Crippen molar-refractivity contribution in [1.82, 2.24) is 14.5 Å². The standard InChI is InChI=1S/C19H23N3O2/c1-14-9-20-18(22(14)10-15-5-3-2-4-6-15)17-11-21(12-17)19(23)16-7-8-24-13-16/h2-6,9,16-17H,7-8,10-13H2,1H3. The van der Waals surface area contributed by atoms with Gasteiger partial charge in [0.1, 0.15) is 5.82 Å². The number of rotatable bonds is 4. The highest BCUT2D eigenvalue weighted by Gasteiger charge is 2.38. The fraction of sp³-hybridized carbons (Fsp3) is 0.474. The average Bonchev–Trinajstić information content (AvgIpc) is 3.20. The van der Waals surface area contributed by atoms with Crippen LogP contribution in [0.1, 0.15) is 29.4 Å². The van der Waals surface area contributed by atoms with E-state index in [4.69, 9.17) is 4.74 Å². The van der Waals surface area contributed by atoms with E-state index in [2.05, 4.69) is 40.7 Å². The van der Waals surface area contributed by atoms with Crippen molar-refractivity contribution in [2.24, 2.45) is 5.92 Å². The molecule has 2 aliphatic rings. The van der Waals surface area contributed by atoms with Crippen LogP contribution in [0.15, 0.2) is 36.5 Å². The van der Waals surface area contributed by atoms with E-state index in [1.807, 2.05) is 17.2 Å². The molecule has 1 aromatic carbocycles. The van der Waals surface area contributed by atoms with Crippen molar-refractivity contribution in [3.05, 3.63) is 53.6 Å². The number of imidazole rings is 1. The molecule has 1 unspecified atom stereocenters. The molecule has 2 aliphatic heterocycles. The molecule has 2 saturated heterocycles. The molecule has 0 radical (unpaired) electrons. The van der Waals surface area contributed by atoms with Crippen molar-refractivity contribution >= 4 is 5.91 Å². The second-order valence-electron chi connectivity index (χ2n) is 6.83. The first-order chi connectivity index (χ1) is 11.7. The van der Waals surface area contributed by atoms with Gasteiger partial charge in [-0.2, -0.15) is 0 Å². The SMILES string of the molecule is Cc1cnc(C2CN(C(=O)C3CCOC3)C2)n1Cc1ccccc1. The monoisotopic (exact) mass is 325 g/mol. The minimum absolute atomic E-state index is 0.0664. The van der Waals surface area contributed by atoms with Crippen molar-refractivity contribution in [3.8, 4) is 0 Å². The smallest absolute Gasteiger partial charge is 0.228 e. The van der Waals surface area contributed by atoms with Gasteiger partial charge in [0.25, 0.3) is 0 Å². The number of carbonyl (C=O) groups is 1. The van der Waals surface area contributed by atoms with Crippen molar-refractivity contribution in [2.75, 3.05) is 26.3 Å². The van der Waals surface area contributed by atoms with Crippen LogP contribution in [0.25, 0.3) is 0 Å². The van der Waals surface area contributed by atoms with Crippen LogP contribution >= 0.6 is 0 Å². The van der Waals surface area contributed by atoms with Crippen LogP contribution < -0.4 is 0 Å². The van der Waals surface area contributed by atoms with Gasteiger partial charge in [-0.15, -0.1) is 0 Å². The summed E-state index contributed by atoms with van der Waals surface area (Å²) in [6.07, 6.45) is 2.80. The summed E-state index contributed by atoms with van der Waals surface area (Å²) in [5.41, 5.74) is 2.44. The van der Waals surface area contributed by atoms with Crippen LogP contribution in [0.5, 0.6) is 0 Å². The lowest BCUT2D eigenvalue weighted by Gasteiger charge is -2.40. The van der Waals surface area contributed by atoms with Gasteiger partial charge in [-0.05, 0) is 18.9 Å². The molecule has 24 heavy (non-hydrogen) atoms. The van der Waals surface area contributed by atoms with Crippen LogP contribution in [0.4, 0.5) is 0 Å². The van der Waals surface area contributed by atoms with Crippen LogP contribution in [0, 0.1) is 12.8 Å². The Balaban J connectivity index is 1.44. The molecule has 5 nitrogen and oxygen atoms in total. The predicted octanol–water partition coefficient (Wildman–Crippen LogP) is 2.20. The van der Waals surface area contributed by atoms with Crippen LogP contribution in [-0.2, 0) is 16.1 Å². The number of hydrogen-bond acceptors (Lipinski definition) is 3. The molecule has 3 heterocycles. The first-order valence-corrected chi connectivity index (χ1v) is 8.65. The summed E-state index contributed by atoms with van der Waals surface area (Å²) < 4.78 is 7.61. The number of likely N-dealkylation sites (tertiary alicyclic amines) is 1. The van der Waals surface area contributed by atoms with E-state index in [1.54, 1.807) is 0 Å². The van der Waals surface area contributed by atoms with Crippen molar-refractivity contribution in [1.29, 1.82) is 0 Å². The molecule has 0 spiro atoms. The normalized spacial score (nSPS) is 21.0. The lowest BCUT2D eigenvalue weighted by Crippen LogP contribution is -2.51. The number of carbonyl (C=O) groups excluding carboxylic acids is 1. The van der Waals surface area contributed by atoms with Gasteiger partial charge in [0.05, 0.1) is 18.4 Å². The van der Waals surface area contributed by atoms with E-state index in [-0.39, 0.29) is 11.8 Å². The summed E-state index contributed by atoms with van der Waals surface area (Å²) in [5, 5.41) is 0. The highest BCUT2D eigenvalue weighted by molar-refractivity contribution is 5.80. The fourth-order valence-corrected chi connectivity index (χ4v) is 3.59. The number of aryl methyl sites for hydroxylation is 1. The zero-order chi connectivity index (χ0) is 16.5. The van der Waals surface area contributed by atoms with E-state index in [1.165, 1.54) is 11.3 Å². The molecule has 0 saturated carbocycles. The Bertz CT molecular complexity index is 713. The van der Waals surface area contributed by atoms with Crippen LogP contribution in [0.3, 0.4) is 0 Å². The zero-order valence-corrected chi connectivity index (χ0v) is 14.0. The van der Waals surface area contributed by atoms with Gasteiger partial charge in [0.15, 0.2) is 0 Å². The summed E-state index contributed by atoms with van der Waals surface area (Å²) in [4.78, 5) is 19.0. The Hall–Kier alpha value is -2.14. The topological polar surface area (TPSA) is 47.4 Å². The third-order valence-electron chi connectivity index (χ3n) is 5.11. The highest BCUT2D eigenvalue weighted by atomic mass is 16.5. The third kappa shape index (κ3) is 2.84. The summed E-state index contributed by atoms with van der Waals surface area (Å²) in [6.45, 7) is 5.79. The van der Waals surface area contributed by atoms with Gasteiger partial charge < -0.3 is 14.2 Å². The van der Waals surface area contributed by atoms with Gasteiger partial charge in [-0.25, -0.2) is 4.98 Å². The first-order valence-electron chi connectivity index (χ1n) is 8.65. The Morgan fingerprint density at radius 1 is 1.29 bits per heavy atom. The largest absolute Gasteiger partial charge is 0.381 e. The van der Waals surface area contributed by atoms with E-state index >= 15 is 0 Å². The summed E-state index contributed by atoms with van der Waals surface area (Å²) >= 11 is 0. The van der Waals surface area contributed by atoms with E-state index in [0.717, 1.165) is 31.9 Å². The quantitative estimate of drug-likeness (QED) is 0.866. The third-order valence-corrected chi connectivity index (χ3v) is 5.11. The van der Waals surface area contributed by atoms with E-state index in [9.17, 15) is 4.79 Å². The molecule has 5 heteroatoms. The van der Waals surface area contributed by atoms with Crippen LogP contribution in [0.2, 0.25) is 0 Å².